The van der Waals surface area contributed by atoms with Crippen molar-refractivity contribution in [2.24, 2.45) is 0 Å². The first kappa shape index (κ1) is 11.0. The quantitative estimate of drug-likeness (QED) is 0.659. The van der Waals surface area contributed by atoms with E-state index in [1.807, 2.05) is 42.5 Å². The van der Waals surface area contributed by atoms with E-state index in [0.29, 0.717) is 10.0 Å². The summed E-state index contributed by atoms with van der Waals surface area (Å²) in [5.41, 5.74) is 1.90. The van der Waals surface area contributed by atoms with Crippen LogP contribution in [-0.4, -0.2) is 0 Å². The van der Waals surface area contributed by atoms with E-state index in [9.17, 15) is 0 Å². The molecule has 0 fully saturated rings. The van der Waals surface area contributed by atoms with Gasteiger partial charge in [0.2, 0.25) is 0 Å². The third-order valence-electron chi connectivity index (χ3n) is 2.10. The third kappa shape index (κ3) is 2.36. The molecule has 0 aliphatic rings. The van der Waals surface area contributed by atoms with E-state index in [4.69, 9.17) is 23.2 Å². The Bertz CT molecular complexity index is 495. The Morgan fingerprint density at radius 1 is 0.800 bits per heavy atom. The van der Waals surface area contributed by atoms with Gasteiger partial charge in [0.15, 0.2) is 0 Å². The van der Waals surface area contributed by atoms with Crippen LogP contribution in [0.4, 0.5) is 0 Å². The summed E-state index contributed by atoms with van der Waals surface area (Å²) in [5, 5.41) is 1.40. The van der Waals surface area contributed by atoms with Gasteiger partial charge in [-0.25, -0.2) is 0 Å². The number of benzene rings is 2. The average molecular weight is 302 g/mol. The molecule has 0 saturated carbocycles. The van der Waals surface area contributed by atoms with Crippen molar-refractivity contribution in [3.63, 3.8) is 0 Å². The Hall–Kier alpha value is -0.500. The molecule has 0 spiro atoms. The van der Waals surface area contributed by atoms with E-state index >= 15 is 0 Å². The van der Waals surface area contributed by atoms with Gasteiger partial charge in [-0.3, -0.25) is 0 Å². The SMILES string of the molecule is Clc1ccccc1-c1ccc(Br)cc1Cl. The Labute approximate surface area is 107 Å². The molecular formula is C12H7BrCl2. The highest BCUT2D eigenvalue weighted by atomic mass is 79.9. The van der Waals surface area contributed by atoms with E-state index in [1.54, 1.807) is 0 Å². The first-order valence-electron chi connectivity index (χ1n) is 4.38. The van der Waals surface area contributed by atoms with Crippen LogP contribution in [0.3, 0.4) is 0 Å². The second-order valence-electron chi connectivity index (χ2n) is 3.10. The van der Waals surface area contributed by atoms with Gasteiger partial charge in [-0.15, -0.1) is 0 Å². The predicted molar refractivity (Wildman–Crippen MR) is 69.6 cm³/mol. The summed E-state index contributed by atoms with van der Waals surface area (Å²) < 4.78 is 0.961. The zero-order chi connectivity index (χ0) is 10.8. The van der Waals surface area contributed by atoms with E-state index in [-0.39, 0.29) is 0 Å². The normalized spacial score (nSPS) is 10.3. The largest absolute Gasteiger partial charge is 0.0837 e. The zero-order valence-corrected chi connectivity index (χ0v) is 10.8. The Balaban J connectivity index is 2.60. The fourth-order valence-corrected chi connectivity index (χ4v) is 2.40. The fourth-order valence-electron chi connectivity index (χ4n) is 1.39. The van der Waals surface area contributed by atoms with Gasteiger partial charge in [-0.1, -0.05) is 63.4 Å². The van der Waals surface area contributed by atoms with Gasteiger partial charge in [0.05, 0.1) is 0 Å². The van der Waals surface area contributed by atoms with Gasteiger partial charge >= 0.3 is 0 Å². The van der Waals surface area contributed by atoms with E-state index in [0.717, 1.165) is 15.6 Å². The van der Waals surface area contributed by atoms with Crippen LogP contribution < -0.4 is 0 Å². The Morgan fingerprint density at radius 2 is 1.47 bits per heavy atom. The van der Waals surface area contributed by atoms with Crippen molar-refractivity contribution in [3.05, 3.63) is 57.0 Å². The van der Waals surface area contributed by atoms with Gasteiger partial charge in [-0.05, 0) is 18.2 Å². The van der Waals surface area contributed by atoms with Crippen molar-refractivity contribution in [2.75, 3.05) is 0 Å². The standard InChI is InChI=1S/C12H7BrCl2/c13-8-5-6-10(12(15)7-8)9-3-1-2-4-11(9)14/h1-7H. The van der Waals surface area contributed by atoms with E-state index in [1.165, 1.54) is 0 Å². The molecule has 2 aromatic carbocycles. The van der Waals surface area contributed by atoms with Gasteiger partial charge in [0.1, 0.15) is 0 Å². The molecular weight excluding hydrogens is 295 g/mol. The summed E-state index contributed by atoms with van der Waals surface area (Å²) in [5.74, 6) is 0. The molecule has 0 aliphatic carbocycles. The smallest absolute Gasteiger partial charge is 0.0496 e. The van der Waals surface area contributed by atoms with Gasteiger partial charge in [0, 0.05) is 25.6 Å². The lowest BCUT2D eigenvalue weighted by Gasteiger charge is -2.06. The lowest BCUT2D eigenvalue weighted by molar-refractivity contribution is 1.59. The summed E-state index contributed by atoms with van der Waals surface area (Å²) in [6.07, 6.45) is 0. The van der Waals surface area contributed by atoms with Crippen molar-refractivity contribution < 1.29 is 0 Å². The van der Waals surface area contributed by atoms with Gasteiger partial charge in [0.25, 0.3) is 0 Å². The molecule has 15 heavy (non-hydrogen) atoms. The summed E-state index contributed by atoms with van der Waals surface area (Å²) in [6.45, 7) is 0. The van der Waals surface area contributed by atoms with Crippen molar-refractivity contribution in [2.45, 2.75) is 0 Å². The number of halogens is 3. The van der Waals surface area contributed by atoms with Crippen LogP contribution in [0.25, 0.3) is 11.1 Å². The maximum atomic E-state index is 6.15. The molecule has 2 rings (SSSR count). The lowest BCUT2D eigenvalue weighted by Crippen LogP contribution is -1.80. The molecule has 0 aromatic heterocycles. The molecule has 0 aliphatic heterocycles. The molecule has 3 heteroatoms. The highest BCUT2D eigenvalue weighted by molar-refractivity contribution is 9.10. The average Bonchev–Trinajstić information content (AvgIpc) is 2.20. The molecule has 0 heterocycles. The fraction of sp³-hybridized carbons (Fsp3) is 0. The second kappa shape index (κ2) is 4.56. The van der Waals surface area contributed by atoms with Crippen LogP contribution in [0.2, 0.25) is 10.0 Å². The van der Waals surface area contributed by atoms with Crippen LogP contribution >= 0.6 is 39.1 Å². The topological polar surface area (TPSA) is 0 Å². The molecule has 0 radical (unpaired) electrons. The summed E-state index contributed by atoms with van der Waals surface area (Å²) >= 11 is 15.6. The minimum Gasteiger partial charge on any atom is -0.0837 e. The molecule has 0 nitrogen and oxygen atoms in total. The van der Waals surface area contributed by atoms with Crippen LogP contribution in [0.15, 0.2) is 46.9 Å². The number of hydrogen-bond acceptors (Lipinski definition) is 0. The van der Waals surface area contributed by atoms with Gasteiger partial charge in [-0.2, -0.15) is 0 Å². The minimum absolute atomic E-state index is 0.692. The molecule has 0 atom stereocenters. The molecule has 0 amide bonds. The van der Waals surface area contributed by atoms with Crippen LogP contribution in [0.5, 0.6) is 0 Å². The van der Waals surface area contributed by atoms with E-state index in [2.05, 4.69) is 15.9 Å². The Morgan fingerprint density at radius 3 is 2.13 bits per heavy atom. The lowest BCUT2D eigenvalue weighted by atomic mass is 10.1. The summed E-state index contributed by atoms with van der Waals surface area (Å²) in [7, 11) is 0. The van der Waals surface area contributed by atoms with Crippen LogP contribution in [0.1, 0.15) is 0 Å². The zero-order valence-electron chi connectivity index (χ0n) is 7.68. The number of hydrogen-bond donors (Lipinski definition) is 0. The Kier molecular flexibility index (Phi) is 3.35. The van der Waals surface area contributed by atoms with Crippen molar-refractivity contribution in [3.8, 4) is 11.1 Å². The molecule has 0 unspecified atom stereocenters. The molecule has 0 saturated heterocycles. The first-order chi connectivity index (χ1) is 7.18. The molecule has 2 aromatic rings. The van der Waals surface area contributed by atoms with Crippen LogP contribution in [-0.2, 0) is 0 Å². The maximum Gasteiger partial charge on any atom is 0.0496 e. The number of rotatable bonds is 1. The maximum absolute atomic E-state index is 6.15. The summed E-state index contributed by atoms with van der Waals surface area (Å²) in [4.78, 5) is 0. The van der Waals surface area contributed by atoms with Crippen LogP contribution in [0, 0.1) is 0 Å². The van der Waals surface area contributed by atoms with Crippen molar-refractivity contribution in [1.29, 1.82) is 0 Å². The monoisotopic (exact) mass is 300 g/mol. The highest BCUT2D eigenvalue weighted by Gasteiger charge is 2.06. The third-order valence-corrected chi connectivity index (χ3v) is 3.23. The van der Waals surface area contributed by atoms with E-state index < -0.39 is 0 Å². The summed E-state index contributed by atoms with van der Waals surface area (Å²) in [6, 6.07) is 13.4. The minimum atomic E-state index is 0.692. The highest BCUT2D eigenvalue weighted by Crippen LogP contribution is 2.34. The van der Waals surface area contributed by atoms with Crippen molar-refractivity contribution in [1.82, 2.24) is 0 Å². The van der Waals surface area contributed by atoms with Gasteiger partial charge < -0.3 is 0 Å². The first-order valence-corrected chi connectivity index (χ1v) is 5.93. The molecule has 76 valence electrons. The predicted octanol–water partition coefficient (Wildman–Crippen LogP) is 5.42. The second-order valence-corrected chi connectivity index (χ2v) is 4.83. The van der Waals surface area contributed by atoms with Crippen molar-refractivity contribution >= 4 is 39.1 Å². The molecule has 0 N–H and O–H groups in total. The molecule has 0 bridgehead atoms.